The molecule has 3 heterocycles. The van der Waals surface area contributed by atoms with Crippen LogP contribution >= 0.6 is 0 Å². The normalized spacial score (nSPS) is 14.2. The van der Waals surface area contributed by atoms with E-state index in [4.69, 9.17) is 0 Å². The van der Waals surface area contributed by atoms with Crippen LogP contribution in [0.1, 0.15) is 44.3 Å². The van der Waals surface area contributed by atoms with Crippen molar-refractivity contribution in [2.75, 3.05) is 28.0 Å². The van der Waals surface area contributed by atoms with Gasteiger partial charge in [0.2, 0.25) is 0 Å². The minimum absolute atomic E-state index is 0.0109. The summed E-state index contributed by atoms with van der Waals surface area (Å²) in [6.07, 6.45) is 3.89. The lowest BCUT2D eigenvalue weighted by molar-refractivity contribution is 0.597. The fourth-order valence-corrected chi connectivity index (χ4v) is 4.88. The van der Waals surface area contributed by atoms with Crippen LogP contribution in [0, 0.1) is 6.92 Å². The van der Waals surface area contributed by atoms with Gasteiger partial charge in [-0.2, -0.15) is 8.42 Å². The highest BCUT2D eigenvalue weighted by Gasteiger charge is 2.21. The average Bonchev–Trinajstić information content (AvgIpc) is 3.39. The molecule has 32 heavy (non-hydrogen) atoms. The maximum Gasteiger partial charge on any atom is 0.280 e. The van der Waals surface area contributed by atoms with Crippen LogP contribution in [0.25, 0.3) is 0 Å². The van der Waals surface area contributed by atoms with E-state index < -0.39 is 10.0 Å². The first-order valence-corrected chi connectivity index (χ1v) is 12.2. The predicted octanol–water partition coefficient (Wildman–Crippen LogP) is 3.79. The largest absolute Gasteiger partial charge is 0.356 e. The molecule has 0 unspecified atom stereocenters. The fraction of sp³-hybridized carbons (Fsp3) is 0.409. The summed E-state index contributed by atoms with van der Waals surface area (Å²) in [6, 6.07) is 8.98. The highest BCUT2D eigenvalue weighted by atomic mass is 32.2. The van der Waals surface area contributed by atoms with Crippen LogP contribution in [-0.2, 0) is 17.1 Å². The topological polar surface area (TPSA) is 105 Å². The Morgan fingerprint density at radius 2 is 1.66 bits per heavy atom. The lowest BCUT2D eigenvalue weighted by Crippen LogP contribution is -2.19. The molecule has 1 saturated heterocycles. The Hall–Kier alpha value is -3.14. The van der Waals surface area contributed by atoms with Gasteiger partial charge in [0, 0.05) is 49.7 Å². The Kier molecular flexibility index (Phi) is 6.05. The van der Waals surface area contributed by atoms with E-state index in [9.17, 15) is 8.42 Å². The van der Waals surface area contributed by atoms with Crippen molar-refractivity contribution >= 4 is 33.0 Å². The molecule has 0 aliphatic carbocycles. The van der Waals surface area contributed by atoms with Crippen LogP contribution in [0.4, 0.5) is 23.0 Å². The van der Waals surface area contributed by atoms with Gasteiger partial charge < -0.3 is 14.8 Å². The molecule has 0 radical (unpaired) electrons. The molecule has 0 amide bonds. The standard InChI is InChI=1S/C22H29N7O2S/c1-15(2)22-26-21(14-28(22)4)32(30,31)27-18-9-7-17(8-10-18)25-19-13-20(24-16(3)23-19)29-11-5-6-12-29/h7-10,13-15,27H,5-6,11-12H2,1-4H3,(H,23,24,25). The van der Waals surface area contributed by atoms with Gasteiger partial charge in [-0.25, -0.2) is 15.0 Å². The van der Waals surface area contributed by atoms with Crippen LogP contribution in [-0.4, -0.2) is 41.0 Å². The second-order valence-electron chi connectivity index (χ2n) is 8.36. The summed E-state index contributed by atoms with van der Waals surface area (Å²) < 4.78 is 29.8. The molecule has 1 aliphatic rings. The van der Waals surface area contributed by atoms with E-state index in [0.29, 0.717) is 17.3 Å². The van der Waals surface area contributed by atoms with Crippen molar-refractivity contribution in [1.29, 1.82) is 0 Å². The van der Waals surface area contributed by atoms with Gasteiger partial charge in [-0.3, -0.25) is 4.72 Å². The maximum atomic E-state index is 12.7. The van der Waals surface area contributed by atoms with Crippen LogP contribution in [0.5, 0.6) is 0 Å². The van der Waals surface area contributed by atoms with Crippen molar-refractivity contribution in [3.63, 3.8) is 0 Å². The van der Waals surface area contributed by atoms with Gasteiger partial charge in [0.15, 0.2) is 5.03 Å². The Morgan fingerprint density at radius 1 is 1.00 bits per heavy atom. The van der Waals surface area contributed by atoms with E-state index in [1.807, 2.05) is 39.0 Å². The first-order valence-electron chi connectivity index (χ1n) is 10.7. The van der Waals surface area contributed by atoms with E-state index in [2.05, 4.69) is 29.9 Å². The van der Waals surface area contributed by atoms with Gasteiger partial charge in [-0.15, -0.1) is 0 Å². The summed E-state index contributed by atoms with van der Waals surface area (Å²) in [5.41, 5.74) is 1.27. The second-order valence-corrected chi connectivity index (χ2v) is 9.99. The van der Waals surface area contributed by atoms with E-state index in [0.717, 1.165) is 30.4 Å². The van der Waals surface area contributed by atoms with Crippen LogP contribution in [0.15, 0.2) is 41.6 Å². The zero-order chi connectivity index (χ0) is 22.9. The lowest BCUT2D eigenvalue weighted by atomic mass is 10.2. The maximum absolute atomic E-state index is 12.7. The molecule has 0 atom stereocenters. The minimum Gasteiger partial charge on any atom is -0.356 e. The lowest BCUT2D eigenvalue weighted by Gasteiger charge is -2.18. The van der Waals surface area contributed by atoms with Crippen molar-refractivity contribution in [3.05, 3.63) is 48.2 Å². The van der Waals surface area contributed by atoms with Gasteiger partial charge in [0.25, 0.3) is 10.0 Å². The van der Waals surface area contributed by atoms with Gasteiger partial charge in [-0.05, 0) is 44.0 Å². The van der Waals surface area contributed by atoms with Crippen molar-refractivity contribution in [1.82, 2.24) is 19.5 Å². The summed E-state index contributed by atoms with van der Waals surface area (Å²) in [6.45, 7) is 7.86. The molecule has 0 saturated carbocycles. The summed E-state index contributed by atoms with van der Waals surface area (Å²) in [4.78, 5) is 15.6. The zero-order valence-electron chi connectivity index (χ0n) is 18.8. The Balaban J connectivity index is 1.47. The van der Waals surface area contributed by atoms with Crippen LogP contribution in [0.2, 0.25) is 0 Å². The number of rotatable bonds is 7. The van der Waals surface area contributed by atoms with Crippen molar-refractivity contribution in [2.24, 2.45) is 7.05 Å². The Labute approximate surface area is 189 Å². The van der Waals surface area contributed by atoms with E-state index in [1.54, 1.807) is 23.7 Å². The highest BCUT2D eigenvalue weighted by Crippen LogP contribution is 2.24. The molecule has 1 aromatic carbocycles. The third-order valence-electron chi connectivity index (χ3n) is 5.35. The molecule has 1 fully saturated rings. The quantitative estimate of drug-likeness (QED) is 0.558. The average molecular weight is 456 g/mol. The molecule has 9 nitrogen and oxygen atoms in total. The Morgan fingerprint density at radius 3 is 2.28 bits per heavy atom. The van der Waals surface area contributed by atoms with Gasteiger partial charge in [0.1, 0.15) is 23.3 Å². The monoisotopic (exact) mass is 455 g/mol. The van der Waals surface area contributed by atoms with E-state index >= 15 is 0 Å². The van der Waals surface area contributed by atoms with Gasteiger partial charge in [-0.1, -0.05) is 13.8 Å². The predicted molar refractivity (Wildman–Crippen MR) is 126 cm³/mol. The molecule has 4 rings (SSSR count). The first-order chi connectivity index (χ1) is 15.2. The molecule has 0 bridgehead atoms. The number of sulfonamides is 1. The summed E-state index contributed by atoms with van der Waals surface area (Å²) in [5, 5.41) is 3.29. The highest BCUT2D eigenvalue weighted by molar-refractivity contribution is 7.92. The Bertz CT molecular complexity index is 1200. The summed E-state index contributed by atoms with van der Waals surface area (Å²) in [5.74, 6) is 3.20. The summed E-state index contributed by atoms with van der Waals surface area (Å²) in [7, 11) is -1.97. The smallest absolute Gasteiger partial charge is 0.280 e. The zero-order valence-corrected chi connectivity index (χ0v) is 19.6. The van der Waals surface area contributed by atoms with Crippen LogP contribution in [0.3, 0.4) is 0 Å². The van der Waals surface area contributed by atoms with Crippen molar-refractivity contribution < 1.29 is 8.42 Å². The number of anilines is 4. The molecule has 2 aromatic heterocycles. The number of aryl methyl sites for hydroxylation is 2. The van der Waals surface area contributed by atoms with E-state index in [-0.39, 0.29) is 10.9 Å². The molecular formula is C22H29N7O2S. The molecule has 3 aromatic rings. The molecule has 2 N–H and O–H groups in total. The number of nitrogens with zero attached hydrogens (tertiary/aromatic N) is 5. The number of imidazole rings is 1. The third kappa shape index (κ3) is 4.85. The van der Waals surface area contributed by atoms with Crippen LogP contribution < -0.4 is 14.9 Å². The SMILES string of the molecule is Cc1nc(Nc2ccc(NS(=O)(=O)c3cn(C)c(C(C)C)n3)cc2)cc(N2CCCC2)n1. The van der Waals surface area contributed by atoms with Crippen molar-refractivity contribution in [3.8, 4) is 0 Å². The number of nitrogens with one attached hydrogen (secondary N) is 2. The van der Waals surface area contributed by atoms with Gasteiger partial charge >= 0.3 is 0 Å². The number of hydrogen-bond donors (Lipinski definition) is 2. The third-order valence-corrected chi connectivity index (χ3v) is 6.60. The molecule has 170 valence electrons. The molecule has 1 aliphatic heterocycles. The minimum atomic E-state index is -3.77. The second kappa shape index (κ2) is 8.78. The summed E-state index contributed by atoms with van der Waals surface area (Å²) >= 11 is 0. The molecular weight excluding hydrogens is 426 g/mol. The number of hydrogen-bond acceptors (Lipinski definition) is 7. The van der Waals surface area contributed by atoms with E-state index in [1.165, 1.54) is 19.0 Å². The fourth-order valence-electron chi connectivity index (χ4n) is 3.82. The number of benzene rings is 1. The first kappa shape index (κ1) is 22.1. The molecule has 10 heteroatoms. The molecule has 0 spiro atoms. The van der Waals surface area contributed by atoms with Crippen molar-refractivity contribution in [2.45, 2.75) is 44.6 Å². The van der Waals surface area contributed by atoms with Gasteiger partial charge in [0.05, 0.1) is 0 Å². The number of aromatic nitrogens is 4.